The number of furan rings is 1. The van der Waals surface area contributed by atoms with Gasteiger partial charge < -0.3 is 9.73 Å². The molecule has 2 aromatic heterocycles. The lowest BCUT2D eigenvalue weighted by Crippen LogP contribution is -2.14. The number of nitrogens with zero attached hydrogens (tertiary/aromatic N) is 2. The van der Waals surface area contributed by atoms with Crippen LogP contribution in [0.1, 0.15) is 34.2 Å². The monoisotopic (exact) mass is 319 g/mol. The summed E-state index contributed by atoms with van der Waals surface area (Å²) in [4.78, 5) is 12.7. The maximum atomic E-state index is 12.7. The second kappa shape index (κ2) is 6.47. The second-order valence-corrected chi connectivity index (χ2v) is 5.42. The number of nitrogens with one attached hydrogen (secondary N) is 1. The van der Waals surface area contributed by atoms with Crippen LogP contribution >= 0.6 is 0 Å². The molecule has 5 heteroatoms. The van der Waals surface area contributed by atoms with Gasteiger partial charge in [0.05, 0.1) is 0 Å². The summed E-state index contributed by atoms with van der Waals surface area (Å²) >= 11 is 0. The molecule has 120 valence electrons. The summed E-state index contributed by atoms with van der Waals surface area (Å²) in [6.07, 6.45) is 4.42. The summed E-state index contributed by atoms with van der Waals surface area (Å²) in [5.41, 5.74) is 2.33. The molecular weight excluding hydrogens is 302 g/mol. The number of aromatic nitrogens is 1. The molecule has 0 radical (unpaired) electrons. The molecule has 0 spiro atoms. The van der Waals surface area contributed by atoms with Crippen molar-refractivity contribution in [3.05, 3.63) is 71.2 Å². The van der Waals surface area contributed by atoms with E-state index < -0.39 is 0 Å². The van der Waals surface area contributed by atoms with Crippen LogP contribution in [-0.4, -0.2) is 10.5 Å². The van der Waals surface area contributed by atoms with Crippen molar-refractivity contribution >= 4 is 11.6 Å². The number of hydrogen-bond acceptors (Lipinski definition) is 3. The standard InChI is InChI=1S/C19H17N3O2/c1-3-14-7-6-8-15(11-14)21-18(23)17-13(2)24-19(16(17)12-20)22-9-4-5-10-22/h4-11H,3H2,1-2H3,(H,21,23). The number of rotatable bonds is 4. The number of carbonyl (C=O) groups excluding carboxylic acids is 1. The van der Waals surface area contributed by atoms with Crippen LogP contribution < -0.4 is 5.32 Å². The number of anilines is 1. The molecule has 0 saturated heterocycles. The van der Waals surface area contributed by atoms with Crippen LogP contribution in [0.25, 0.3) is 5.88 Å². The fourth-order valence-corrected chi connectivity index (χ4v) is 2.62. The van der Waals surface area contributed by atoms with Crippen molar-refractivity contribution in [3.8, 4) is 12.0 Å². The SMILES string of the molecule is CCc1cccc(NC(=O)c2c(C)oc(-n3cccc3)c2C#N)c1. The minimum absolute atomic E-state index is 0.229. The Balaban J connectivity index is 1.97. The van der Waals surface area contributed by atoms with Crippen molar-refractivity contribution in [2.75, 3.05) is 5.32 Å². The summed E-state index contributed by atoms with van der Waals surface area (Å²) < 4.78 is 7.35. The highest BCUT2D eigenvalue weighted by Crippen LogP contribution is 2.26. The van der Waals surface area contributed by atoms with Crippen LogP contribution in [0, 0.1) is 18.3 Å². The van der Waals surface area contributed by atoms with E-state index in [1.54, 1.807) is 23.9 Å². The number of nitriles is 1. The number of benzene rings is 1. The second-order valence-electron chi connectivity index (χ2n) is 5.42. The maximum absolute atomic E-state index is 12.7. The molecule has 1 aromatic carbocycles. The molecule has 0 aliphatic carbocycles. The van der Waals surface area contributed by atoms with Gasteiger partial charge in [0.2, 0.25) is 5.88 Å². The Morgan fingerprint density at radius 2 is 2.04 bits per heavy atom. The Morgan fingerprint density at radius 3 is 2.71 bits per heavy atom. The molecule has 1 N–H and O–H groups in total. The zero-order chi connectivity index (χ0) is 17.1. The van der Waals surface area contributed by atoms with Gasteiger partial charge >= 0.3 is 0 Å². The number of aryl methyl sites for hydroxylation is 2. The Kier molecular flexibility index (Phi) is 4.21. The normalized spacial score (nSPS) is 10.4. The van der Waals surface area contributed by atoms with Crippen molar-refractivity contribution in [2.45, 2.75) is 20.3 Å². The summed E-state index contributed by atoms with van der Waals surface area (Å²) in [6.45, 7) is 3.74. The lowest BCUT2D eigenvalue weighted by Gasteiger charge is -2.06. The van der Waals surface area contributed by atoms with Gasteiger partial charge in [-0.1, -0.05) is 19.1 Å². The molecule has 5 nitrogen and oxygen atoms in total. The van der Waals surface area contributed by atoms with Gasteiger partial charge in [-0.05, 0) is 43.2 Å². The van der Waals surface area contributed by atoms with E-state index in [2.05, 4.69) is 18.3 Å². The number of amides is 1. The Labute approximate surface area is 140 Å². The highest BCUT2D eigenvalue weighted by molar-refractivity contribution is 6.07. The predicted molar refractivity (Wildman–Crippen MR) is 91.3 cm³/mol. The Hall–Kier alpha value is -3.26. The molecule has 24 heavy (non-hydrogen) atoms. The minimum atomic E-state index is -0.348. The van der Waals surface area contributed by atoms with E-state index in [4.69, 9.17) is 4.42 Å². The lowest BCUT2D eigenvalue weighted by atomic mass is 10.1. The third-order valence-electron chi connectivity index (χ3n) is 3.84. The van der Waals surface area contributed by atoms with E-state index in [1.165, 1.54) is 0 Å². The average molecular weight is 319 g/mol. The third kappa shape index (κ3) is 2.82. The summed E-state index contributed by atoms with van der Waals surface area (Å²) in [5.74, 6) is 0.423. The zero-order valence-electron chi connectivity index (χ0n) is 13.5. The van der Waals surface area contributed by atoms with Gasteiger partial charge in [0, 0.05) is 18.1 Å². The van der Waals surface area contributed by atoms with Crippen LogP contribution in [0.5, 0.6) is 0 Å². The van der Waals surface area contributed by atoms with Crippen molar-refractivity contribution in [3.63, 3.8) is 0 Å². The largest absolute Gasteiger partial charge is 0.443 e. The smallest absolute Gasteiger partial charge is 0.260 e. The molecule has 0 aliphatic heterocycles. The van der Waals surface area contributed by atoms with E-state index in [0.29, 0.717) is 17.3 Å². The van der Waals surface area contributed by atoms with Crippen molar-refractivity contribution in [1.82, 2.24) is 4.57 Å². The molecule has 0 unspecified atom stereocenters. The topological polar surface area (TPSA) is 71.0 Å². The molecule has 0 atom stereocenters. The van der Waals surface area contributed by atoms with Crippen molar-refractivity contribution in [1.29, 1.82) is 5.26 Å². The molecule has 0 aliphatic rings. The maximum Gasteiger partial charge on any atom is 0.260 e. The van der Waals surface area contributed by atoms with Gasteiger partial charge in [0.25, 0.3) is 5.91 Å². The zero-order valence-corrected chi connectivity index (χ0v) is 13.5. The van der Waals surface area contributed by atoms with Gasteiger partial charge in [-0.25, -0.2) is 0 Å². The summed E-state index contributed by atoms with van der Waals surface area (Å²) in [6, 6.07) is 13.4. The van der Waals surface area contributed by atoms with Crippen molar-refractivity contribution < 1.29 is 9.21 Å². The molecule has 0 saturated carbocycles. The molecular formula is C19H17N3O2. The van der Waals surface area contributed by atoms with Gasteiger partial charge in [0.15, 0.2) is 0 Å². The summed E-state index contributed by atoms with van der Waals surface area (Å²) in [7, 11) is 0. The van der Waals surface area contributed by atoms with Gasteiger partial charge in [0.1, 0.15) is 23.0 Å². The summed E-state index contributed by atoms with van der Waals surface area (Å²) in [5, 5.41) is 12.4. The minimum Gasteiger partial charge on any atom is -0.443 e. The van der Waals surface area contributed by atoms with Crippen LogP contribution in [0.4, 0.5) is 5.69 Å². The van der Waals surface area contributed by atoms with Gasteiger partial charge in [-0.3, -0.25) is 9.36 Å². The van der Waals surface area contributed by atoms with Gasteiger partial charge in [-0.15, -0.1) is 0 Å². The number of carbonyl (C=O) groups is 1. The van der Waals surface area contributed by atoms with Crippen LogP contribution in [-0.2, 0) is 6.42 Å². The molecule has 2 heterocycles. The van der Waals surface area contributed by atoms with E-state index in [1.807, 2.05) is 36.4 Å². The predicted octanol–water partition coefficient (Wildman–Crippen LogP) is 4.07. The first-order chi connectivity index (χ1) is 11.6. The molecule has 3 aromatic rings. The Morgan fingerprint density at radius 1 is 1.29 bits per heavy atom. The molecule has 0 bridgehead atoms. The van der Waals surface area contributed by atoms with E-state index in [0.717, 1.165) is 12.0 Å². The molecule has 0 fully saturated rings. The first-order valence-corrected chi connectivity index (χ1v) is 7.71. The highest BCUT2D eigenvalue weighted by atomic mass is 16.4. The fraction of sp³-hybridized carbons (Fsp3) is 0.158. The molecule has 3 rings (SSSR count). The van der Waals surface area contributed by atoms with Crippen molar-refractivity contribution in [2.24, 2.45) is 0 Å². The Bertz CT molecular complexity index is 915. The first-order valence-electron chi connectivity index (χ1n) is 7.71. The van der Waals surface area contributed by atoms with Gasteiger partial charge in [-0.2, -0.15) is 5.26 Å². The number of hydrogen-bond donors (Lipinski definition) is 1. The lowest BCUT2D eigenvalue weighted by molar-refractivity contribution is 0.102. The first kappa shape index (κ1) is 15.6. The highest BCUT2D eigenvalue weighted by Gasteiger charge is 2.24. The molecule has 1 amide bonds. The van der Waals surface area contributed by atoms with Crippen LogP contribution in [0.3, 0.4) is 0 Å². The van der Waals surface area contributed by atoms with E-state index in [9.17, 15) is 10.1 Å². The van der Waals surface area contributed by atoms with E-state index >= 15 is 0 Å². The average Bonchev–Trinajstić information content (AvgIpc) is 3.21. The quantitative estimate of drug-likeness (QED) is 0.788. The van der Waals surface area contributed by atoms with E-state index in [-0.39, 0.29) is 17.0 Å². The third-order valence-corrected chi connectivity index (χ3v) is 3.84. The van der Waals surface area contributed by atoms with Crippen LogP contribution in [0.2, 0.25) is 0 Å². The van der Waals surface area contributed by atoms with Crippen LogP contribution in [0.15, 0.2) is 53.2 Å². The fourth-order valence-electron chi connectivity index (χ4n) is 2.62.